The number of aromatic nitrogens is 2. The highest BCUT2D eigenvalue weighted by atomic mass is 32.2. The van der Waals surface area contributed by atoms with Crippen molar-refractivity contribution in [2.75, 3.05) is 0 Å². The molecule has 1 aliphatic carbocycles. The van der Waals surface area contributed by atoms with Gasteiger partial charge in [-0.25, -0.2) is 17.8 Å². The minimum absolute atomic E-state index is 0.0641. The van der Waals surface area contributed by atoms with Gasteiger partial charge in [-0.15, -0.1) is 11.3 Å². The molecule has 5 rings (SSSR count). The third-order valence-electron chi connectivity index (χ3n) is 5.98. The summed E-state index contributed by atoms with van der Waals surface area (Å²) in [4.78, 5) is 19.9. The van der Waals surface area contributed by atoms with Crippen LogP contribution in [0.5, 0.6) is 0 Å². The fraction of sp³-hybridized carbons (Fsp3) is 0.231. The number of rotatable bonds is 9. The minimum atomic E-state index is -3.96. The van der Waals surface area contributed by atoms with Crippen LogP contribution in [0.25, 0.3) is 0 Å². The topological polar surface area (TPSA) is 72.3 Å². The zero-order chi connectivity index (χ0) is 24.4. The third-order valence-corrected chi connectivity index (χ3v) is 8.41. The number of benzene rings is 2. The number of hydrogen-bond acceptors (Lipinski definition) is 5. The number of nitrogens with zero attached hydrogens (tertiary/aromatic N) is 3. The maximum atomic E-state index is 14.2. The Morgan fingerprint density at radius 3 is 2.49 bits per heavy atom. The molecule has 35 heavy (non-hydrogen) atoms. The third kappa shape index (κ3) is 5.21. The quantitative estimate of drug-likeness (QED) is 0.321. The van der Waals surface area contributed by atoms with Crippen LogP contribution in [0.4, 0.5) is 4.39 Å². The summed E-state index contributed by atoms with van der Waals surface area (Å²) in [7, 11) is -3.96. The number of carbonyl (C=O) groups excluding carboxylic acids is 1. The first-order chi connectivity index (χ1) is 16.9. The van der Waals surface area contributed by atoms with E-state index in [2.05, 4.69) is 4.98 Å². The van der Waals surface area contributed by atoms with Crippen molar-refractivity contribution in [1.82, 2.24) is 14.5 Å². The largest absolute Gasteiger partial charge is 0.329 e. The Morgan fingerprint density at radius 2 is 1.80 bits per heavy atom. The van der Waals surface area contributed by atoms with E-state index in [9.17, 15) is 17.6 Å². The molecule has 0 atom stereocenters. The first kappa shape index (κ1) is 23.4. The summed E-state index contributed by atoms with van der Waals surface area (Å²) >= 11 is 1.39. The molecule has 2 aromatic carbocycles. The normalized spacial score (nSPS) is 13.6. The molecule has 9 heteroatoms. The molecular weight excluding hydrogens is 485 g/mol. The van der Waals surface area contributed by atoms with Crippen molar-refractivity contribution in [3.63, 3.8) is 0 Å². The van der Waals surface area contributed by atoms with Gasteiger partial charge in [0.05, 0.1) is 35.6 Å². The summed E-state index contributed by atoms with van der Waals surface area (Å²) in [5.41, 5.74) is 1.62. The van der Waals surface area contributed by atoms with Gasteiger partial charge >= 0.3 is 0 Å². The lowest BCUT2D eigenvalue weighted by Crippen LogP contribution is -2.33. The Labute approximate surface area is 207 Å². The SMILES string of the molecule is O=C(c1cccs1)N(Cc1cnc(S(=O)(=O)Cc2ccccc2F)n1Cc1ccccc1)C1CC1. The molecule has 2 heterocycles. The van der Waals surface area contributed by atoms with Gasteiger partial charge in [0.25, 0.3) is 5.91 Å². The van der Waals surface area contributed by atoms with E-state index in [1.807, 2.05) is 41.8 Å². The van der Waals surface area contributed by atoms with Crippen molar-refractivity contribution in [2.45, 2.75) is 42.9 Å². The number of imidazole rings is 1. The smallest absolute Gasteiger partial charge is 0.264 e. The molecule has 180 valence electrons. The number of amides is 1. The van der Waals surface area contributed by atoms with E-state index in [1.54, 1.807) is 21.6 Å². The van der Waals surface area contributed by atoms with E-state index in [1.165, 1.54) is 35.7 Å². The van der Waals surface area contributed by atoms with Crippen LogP contribution in [-0.4, -0.2) is 34.8 Å². The fourth-order valence-corrected chi connectivity index (χ4v) is 6.24. The summed E-state index contributed by atoms with van der Waals surface area (Å²) in [6.07, 6.45) is 3.36. The van der Waals surface area contributed by atoms with Gasteiger partial charge < -0.3 is 9.47 Å². The first-order valence-corrected chi connectivity index (χ1v) is 13.8. The second-order valence-corrected chi connectivity index (χ2v) is 11.4. The van der Waals surface area contributed by atoms with E-state index < -0.39 is 21.4 Å². The highest BCUT2D eigenvalue weighted by molar-refractivity contribution is 7.90. The molecule has 4 aromatic rings. The second kappa shape index (κ2) is 9.75. The lowest BCUT2D eigenvalue weighted by molar-refractivity contribution is 0.0730. The minimum Gasteiger partial charge on any atom is -0.329 e. The molecule has 0 aliphatic heterocycles. The van der Waals surface area contributed by atoms with Gasteiger partial charge in [-0.05, 0) is 35.9 Å². The predicted molar refractivity (Wildman–Crippen MR) is 132 cm³/mol. The summed E-state index contributed by atoms with van der Waals surface area (Å²) in [6, 6.07) is 19.1. The Hall–Kier alpha value is -3.30. The molecule has 0 unspecified atom stereocenters. The molecule has 2 aromatic heterocycles. The van der Waals surface area contributed by atoms with Gasteiger partial charge in [0.1, 0.15) is 5.82 Å². The van der Waals surface area contributed by atoms with Gasteiger partial charge in [0, 0.05) is 11.6 Å². The van der Waals surface area contributed by atoms with E-state index in [0.717, 1.165) is 18.4 Å². The van der Waals surface area contributed by atoms with Gasteiger partial charge in [0.2, 0.25) is 15.0 Å². The van der Waals surface area contributed by atoms with E-state index in [0.29, 0.717) is 10.6 Å². The summed E-state index contributed by atoms with van der Waals surface area (Å²) in [5, 5.41) is 1.74. The van der Waals surface area contributed by atoms with E-state index in [-0.39, 0.29) is 35.8 Å². The Morgan fingerprint density at radius 1 is 1.06 bits per heavy atom. The molecule has 1 fully saturated rings. The van der Waals surface area contributed by atoms with Gasteiger partial charge in [0.15, 0.2) is 0 Å². The van der Waals surface area contributed by atoms with Crippen LogP contribution in [0, 0.1) is 5.82 Å². The Kier molecular flexibility index (Phi) is 6.53. The predicted octanol–water partition coefficient (Wildman–Crippen LogP) is 4.91. The molecule has 0 radical (unpaired) electrons. The van der Waals surface area contributed by atoms with Crippen molar-refractivity contribution >= 4 is 27.1 Å². The molecule has 0 saturated heterocycles. The van der Waals surface area contributed by atoms with Crippen LogP contribution in [0.1, 0.15) is 39.3 Å². The van der Waals surface area contributed by atoms with Crippen molar-refractivity contribution in [1.29, 1.82) is 0 Å². The molecular formula is C26H24FN3O3S2. The van der Waals surface area contributed by atoms with Gasteiger partial charge in [-0.3, -0.25) is 4.79 Å². The van der Waals surface area contributed by atoms with Crippen LogP contribution >= 0.6 is 11.3 Å². The number of thiophene rings is 1. The molecule has 1 aliphatic rings. The molecule has 0 bridgehead atoms. The average Bonchev–Trinajstić information content (AvgIpc) is 3.37. The molecule has 6 nitrogen and oxygen atoms in total. The standard InChI is InChI=1S/C26H24FN3O3S2/c27-23-10-5-4-9-20(23)18-35(32,33)26-28-15-22(30(26)16-19-7-2-1-3-8-19)17-29(21-12-13-21)25(31)24-11-6-14-34-24/h1-11,14-15,21H,12-13,16-18H2. The van der Waals surface area contributed by atoms with Crippen molar-refractivity contribution in [3.05, 3.63) is 106 Å². The molecule has 1 amide bonds. The van der Waals surface area contributed by atoms with Crippen LogP contribution in [-0.2, 0) is 28.7 Å². The maximum absolute atomic E-state index is 14.2. The lowest BCUT2D eigenvalue weighted by atomic mass is 10.2. The Bertz CT molecular complexity index is 1430. The van der Waals surface area contributed by atoms with Crippen LogP contribution in [0.3, 0.4) is 0 Å². The first-order valence-electron chi connectivity index (χ1n) is 11.3. The van der Waals surface area contributed by atoms with E-state index >= 15 is 0 Å². The van der Waals surface area contributed by atoms with Crippen molar-refractivity contribution in [2.24, 2.45) is 0 Å². The zero-order valence-corrected chi connectivity index (χ0v) is 20.5. The lowest BCUT2D eigenvalue weighted by Gasteiger charge is -2.23. The van der Waals surface area contributed by atoms with Crippen molar-refractivity contribution < 1.29 is 17.6 Å². The Balaban J connectivity index is 1.51. The zero-order valence-electron chi connectivity index (χ0n) is 18.9. The summed E-state index contributed by atoms with van der Waals surface area (Å²) in [6.45, 7) is 0.518. The van der Waals surface area contributed by atoms with Crippen LogP contribution in [0.15, 0.2) is 83.5 Å². The monoisotopic (exact) mass is 509 g/mol. The van der Waals surface area contributed by atoms with Gasteiger partial charge in [-0.1, -0.05) is 54.6 Å². The maximum Gasteiger partial charge on any atom is 0.264 e. The van der Waals surface area contributed by atoms with Crippen LogP contribution < -0.4 is 0 Å². The molecule has 0 N–H and O–H groups in total. The van der Waals surface area contributed by atoms with Crippen LogP contribution in [0.2, 0.25) is 0 Å². The second-order valence-electron chi connectivity index (χ2n) is 8.60. The van der Waals surface area contributed by atoms with Gasteiger partial charge in [-0.2, -0.15) is 0 Å². The number of sulfone groups is 1. The number of halogens is 1. The average molecular weight is 510 g/mol. The molecule has 1 saturated carbocycles. The highest BCUT2D eigenvalue weighted by Crippen LogP contribution is 2.31. The highest BCUT2D eigenvalue weighted by Gasteiger charge is 2.35. The van der Waals surface area contributed by atoms with E-state index in [4.69, 9.17) is 0 Å². The number of hydrogen-bond donors (Lipinski definition) is 0. The van der Waals surface area contributed by atoms with Crippen molar-refractivity contribution in [3.8, 4) is 0 Å². The molecule has 0 spiro atoms. The summed E-state index contributed by atoms with van der Waals surface area (Å²) in [5.74, 6) is -1.13. The number of carbonyl (C=O) groups is 1. The summed E-state index contributed by atoms with van der Waals surface area (Å²) < 4.78 is 42.7. The fourth-order valence-electron chi connectivity index (χ4n) is 4.06.